The highest BCUT2D eigenvalue weighted by Gasteiger charge is 2.23. The van der Waals surface area contributed by atoms with E-state index in [9.17, 15) is 19.5 Å². The molecule has 178 valence electrons. The van der Waals surface area contributed by atoms with Crippen molar-refractivity contribution >= 4 is 57.8 Å². The van der Waals surface area contributed by atoms with E-state index in [4.69, 9.17) is 28.2 Å². The molecule has 1 unspecified atom stereocenters. The largest absolute Gasteiger partial charge is 0.481 e. The molecule has 0 spiro atoms. The summed E-state index contributed by atoms with van der Waals surface area (Å²) in [5, 5.41) is 24.4. The number of nitrogens with zero attached hydrogens (tertiary/aromatic N) is 2. The van der Waals surface area contributed by atoms with Crippen LogP contribution in [0, 0.1) is 6.92 Å². The minimum Gasteiger partial charge on any atom is -0.481 e. The quantitative estimate of drug-likeness (QED) is 0.261. The maximum atomic E-state index is 12.6. The second-order valence-electron chi connectivity index (χ2n) is 7.56. The van der Waals surface area contributed by atoms with E-state index >= 15 is 0 Å². The Balaban J connectivity index is 1.77. The molecule has 0 saturated heterocycles. The van der Waals surface area contributed by atoms with Gasteiger partial charge in [0.1, 0.15) is 11.9 Å². The third-order valence-corrected chi connectivity index (χ3v) is 5.56. The van der Waals surface area contributed by atoms with Crippen LogP contribution in [-0.2, 0) is 16.1 Å². The molecule has 1 atom stereocenters. The lowest BCUT2D eigenvalue weighted by Gasteiger charge is -2.16. The maximum Gasteiger partial charge on any atom is 0.326 e. The normalized spacial score (nSPS) is 11.7. The number of hydrogen-bond donors (Lipinski definition) is 6. The lowest BCUT2D eigenvalue weighted by molar-refractivity contribution is -0.140. The highest BCUT2D eigenvalue weighted by Crippen LogP contribution is 2.27. The number of nitrogens with two attached hydrogens (primary N) is 2. The summed E-state index contributed by atoms with van der Waals surface area (Å²) in [6, 6.07) is 6.97. The first-order valence-corrected chi connectivity index (χ1v) is 10.5. The molecule has 2 aromatic carbocycles. The fraction of sp³-hybridized carbons (Fsp3) is 0.227. The minimum atomic E-state index is -1.36. The number of rotatable bonds is 9. The molecule has 3 aromatic rings. The zero-order chi connectivity index (χ0) is 25.0. The second kappa shape index (κ2) is 10.2. The Morgan fingerprint density at radius 3 is 2.53 bits per heavy atom. The average Bonchev–Trinajstić information content (AvgIpc) is 2.76. The summed E-state index contributed by atoms with van der Waals surface area (Å²) in [4.78, 5) is 43.0. The number of aryl methyl sites for hydroxylation is 1. The fourth-order valence-electron chi connectivity index (χ4n) is 3.44. The molecule has 0 aliphatic rings. The standard InChI is InChI=1S/C22H23ClN6O5/c1-10-11(2-5-15-18(10)19(24)29-22(25)28-15)9-26-12-3-4-14(23)13(8-12)20(32)27-16(21(33)34)6-7-17(30)31/h2-5,8,16,26H,6-7,9H2,1H3,(H,27,32)(H,30,31)(H,33,34)(H4,24,25,28,29). The van der Waals surface area contributed by atoms with Gasteiger partial charge in [0.15, 0.2) is 0 Å². The van der Waals surface area contributed by atoms with Gasteiger partial charge < -0.3 is 32.3 Å². The Bertz CT molecular complexity index is 1280. The summed E-state index contributed by atoms with van der Waals surface area (Å²) in [5.74, 6) is -2.85. The van der Waals surface area contributed by atoms with Crippen LogP contribution in [0.2, 0.25) is 5.02 Å². The number of anilines is 3. The molecule has 0 aliphatic heterocycles. The number of carbonyl (C=O) groups is 3. The van der Waals surface area contributed by atoms with E-state index in [-0.39, 0.29) is 28.8 Å². The highest BCUT2D eigenvalue weighted by molar-refractivity contribution is 6.34. The van der Waals surface area contributed by atoms with Crippen LogP contribution in [0.3, 0.4) is 0 Å². The number of aliphatic carboxylic acids is 2. The van der Waals surface area contributed by atoms with Crippen LogP contribution in [-0.4, -0.2) is 44.1 Å². The Morgan fingerprint density at radius 1 is 1.12 bits per heavy atom. The number of halogens is 1. The Labute approximate surface area is 199 Å². The number of carboxylic acids is 2. The van der Waals surface area contributed by atoms with Gasteiger partial charge in [-0.1, -0.05) is 17.7 Å². The van der Waals surface area contributed by atoms with Crippen molar-refractivity contribution in [2.24, 2.45) is 0 Å². The highest BCUT2D eigenvalue weighted by atomic mass is 35.5. The second-order valence-corrected chi connectivity index (χ2v) is 7.96. The number of nitrogen functional groups attached to an aromatic ring is 2. The Hall–Kier alpha value is -4.12. The van der Waals surface area contributed by atoms with Crippen molar-refractivity contribution in [1.82, 2.24) is 15.3 Å². The Kier molecular flexibility index (Phi) is 7.37. The summed E-state index contributed by atoms with van der Waals surface area (Å²) in [6.07, 6.45) is -0.661. The van der Waals surface area contributed by atoms with Gasteiger partial charge in [0.05, 0.1) is 16.1 Å². The number of nitrogens with one attached hydrogen (secondary N) is 2. The Morgan fingerprint density at radius 2 is 1.85 bits per heavy atom. The molecule has 11 nitrogen and oxygen atoms in total. The average molecular weight is 487 g/mol. The van der Waals surface area contributed by atoms with Gasteiger partial charge in [0.25, 0.3) is 5.91 Å². The molecular formula is C22H23ClN6O5. The maximum absolute atomic E-state index is 12.6. The number of fused-ring (bicyclic) bond motifs is 1. The lowest BCUT2D eigenvalue weighted by Crippen LogP contribution is -2.41. The SMILES string of the molecule is Cc1c(CNc2ccc(Cl)c(C(=O)NC(CCC(=O)O)C(=O)O)c2)ccc2nc(N)nc(N)c12. The number of aromatic nitrogens is 2. The van der Waals surface area contributed by atoms with Gasteiger partial charge in [-0.2, -0.15) is 4.98 Å². The van der Waals surface area contributed by atoms with E-state index in [0.717, 1.165) is 11.1 Å². The molecule has 1 amide bonds. The van der Waals surface area contributed by atoms with Gasteiger partial charge in [-0.25, -0.2) is 9.78 Å². The van der Waals surface area contributed by atoms with Gasteiger partial charge in [0, 0.05) is 24.0 Å². The number of amides is 1. The van der Waals surface area contributed by atoms with Crippen LogP contribution in [0.25, 0.3) is 10.9 Å². The van der Waals surface area contributed by atoms with Gasteiger partial charge in [0.2, 0.25) is 5.95 Å². The first-order chi connectivity index (χ1) is 16.1. The van der Waals surface area contributed by atoms with Crippen molar-refractivity contribution in [3.8, 4) is 0 Å². The number of hydrogen-bond acceptors (Lipinski definition) is 8. The molecule has 34 heavy (non-hydrogen) atoms. The minimum absolute atomic E-state index is 0.0524. The van der Waals surface area contributed by atoms with Gasteiger partial charge in [-0.3, -0.25) is 9.59 Å². The molecule has 0 bridgehead atoms. The summed E-state index contributed by atoms with van der Waals surface area (Å²) in [7, 11) is 0. The van der Waals surface area contributed by atoms with Crippen LogP contribution in [0.4, 0.5) is 17.5 Å². The van der Waals surface area contributed by atoms with Crippen molar-refractivity contribution in [2.75, 3.05) is 16.8 Å². The van der Waals surface area contributed by atoms with E-state index in [1.807, 2.05) is 13.0 Å². The van der Waals surface area contributed by atoms with E-state index < -0.39 is 30.3 Å². The van der Waals surface area contributed by atoms with E-state index in [2.05, 4.69) is 20.6 Å². The molecule has 3 rings (SSSR count). The van der Waals surface area contributed by atoms with Gasteiger partial charge in [-0.15, -0.1) is 0 Å². The molecule has 1 aromatic heterocycles. The van der Waals surface area contributed by atoms with E-state index in [0.29, 0.717) is 23.1 Å². The van der Waals surface area contributed by atoms with E-state index in [1.165, 1.54) is 12.1 Å². The zero-order valence-electron chi connectivity index (χ0n) is 18.1. The number of carbonyl (C=O) groups excluding carboxylic acids is 1. The summed E-state index contributed by atoms with van der Waals surface area (Å²) in [5.41, 5.74) is 14.7. The van der Waals surface area contributed by atoms with Crippen LogP contribution < -0.4 is 22.1 Å². The molecule has 1 heterocycles. The van der Waals surface area contributed by atoms with Gasteiger partial charge in [-0.05, 0) is 48.7 Å². The van der Waals surface area contributed by atoms with Crippen molar-refractivity contribution in [2.45, 2.75) is 32.4 Å². The van der Waals surface area contributed by atoms with E-state index in [1.54, 1.807) is 12.1 Å². The van der Waals surface area contributed by atoms with Crippen LogP contribution in [0.5, 0.6) is 0 Å². The lowest BCUT2D eigenvalue weighted by atomic mass is 10.0. The van der Waals surface area contributed by atoms with Crippen molar-refractivity contribution < 1.29 is 24.6 Å². The topological polar surface area (TPSA) is 194 Å². The van der Waals surface area contributed by atoms with Crippen molar-refractivity contribution in [1.29, 1.82) is 0 Å². The molecule has 0 saturated carbocycles. The van der Waals surface area contributed by atoms with Gasteiger partial charge >= 0.3 is 11.9 Å². The number of carboxylic acid groups (broad SMARTS) is 2. The van der Waals surface area contributed by atoms with Crippen LogP contribution in [0.1, 0.15) is 34.3 Å². The molecule has 0 radical (unpaired) electrons. The predicted molar refractivity (Wildman–Crippen MR) is 128 cm³/mol. The fourth-order valence-corrected chi connectivity index (χ4v) is 3.65. The van der Waals surface area contributed by atoms with Crippen molar-refractivity contribution in [3.05, 3.63) is 52.0 Å². The van der Waals surface area contributed by atoms with Crippen LogP contribution in [0.15, 0.2) is 30.3 Å². The third kappa shape index (κ3) is 5.62. The molecular weight excluding hydrogens is 464 g/mol. The van der Waals surface area contributed by atoms with Crippen LogP contribution >= 0.6 is 11.6 Å². The summed E-state index contributed by atoms with van der Waals surface area (Å²) >= 11 is 6.15. The third-order valence-electron chi connectivity index (χ3n) is 5.23. The summed E-state index contributed by atoms with van der Waals surface area (Å²) < 4.78 is 0. The molecule has 8 N–H and O–H groups in total. The first-order valence-electron chi connectivity index (χ1n) is 10.2. The smallest absolute Gasteiger partial charge is 0.326 e. The van der Waals surface area contributed by atoms with Crippen molar-refractivity contribution in [3.63, 3.8) is 0 Å². The molecule has 0 aliphatic carbocycles. The summed E-state index contributed by atoms with van der Waals surface area (Å²) in [6.45, 7) is 2.27. The monoisotopic (exact) mass is 486 g/mol. The zero-order valence-corrected chi connectivity index (χ0v) is 18.9. The molecule has 12 heteroatoms. The molecule has 0 fully saturated rings. The predicted octanol–water partition coefficient (Wildman–Crippen LogP) is 2.42. The first kappa shape index (κ1) is 24.5. The number of benzene rings is 2.